The van der Waals surface area contributed by atoms with Crippen LogP contribution < -0.4 is 14.8 Å². The highest BCUT2D eigenvalue weighted by Gasteiger charge is 2.29. The van der Waals surface area contributed by atoms with Gasteiger partial charge in [0, 0.05) is 23.5 Å². The predicted molar refractivity (Wildman–Crippen MR) is 182 cm³/mol. The SMILES string of the molecule is C=C(C)COC(=O)NC(=N)c1ccc(C[C@@H](c2nc(OCOC(=O)OC(C)(C)CF)n(-c3ncccn3)n2)c2cc(C)cc(OCCO)c2F)cc1. The summed E-state index contributed by atoms with van der Waals surface area (Å²) in [5, 5.41) is 24.5. The Morgan fingerprint density at radius 1 is 1.12 bits per heavy atom. The summed E-state index contributed by atoms with van der Waals surface area (Å²) in [6.07, 6.45) is 1.03. The summed E-state index contributed by atoms with van der Waals surface area (Å²) in [6, 6.07) is 11.1. The number of alkyl carbamates (subject to hydrolysis) is 1. The summed E-state index contributed by atoms with van der Waals surface area (Å²) in [7, 11) is 0. The number of aromatic nitrogens is 5. The van der Waals surface area contributed by atoms with Gasteiger partial charge >= 0.3 is 18.3 Å². The number of alkyl halides is 1. The van der Waals surface area contributed by atoms with E-state index in [-0.39, 0.29) is 61.2 Å². The third-order valence-corrected chi connectivity index (χ3v) is 6.99. The van der Waals surface area contributed by atoms with Crippen LogP contribution in [0.25, 0.3) is 5.95 Å². The largest absolute Gasteiger partial charge is 0.511 e. The van der Waals surface area contributed by atoms with Crippen LogP contribution in [-0.4, -0.2) is 86.8 Å². The quantitative estimate of drug-likeness (QED) is 0.0455. The molecule has 0 unspecified atom stereocenters. The first-order valence-corrected chi connectivity index (χ1v) is 15.9. The van der Waals surface area contributed by atoms with Gasteiger partial charge in [0.25, 0.3) is 5.95 Å². The van der Waals surface area contributed by atoms with Gasteiger partial charge in [-0.3, -0.25) is 10.7 Å². The van der Waals surface area contributed by atoms with Gasteiger partial charge in [-0.2, -0.15) is 4.98 Å². The van der Waals surface area contributed by atoms with Crippen molar-refractivity contribution in [1.29, 1.82) is 5.41 Å². The molecule has 4 rings (SSSR count). The molecule has 1 atom stereocenters. The molecule has 0 saturated heterocycles. The second-order valence-electron chi connectivity index (χ2n) is 12.1. The number of ether oxygens (including phenoxy) is 5. The number of carbonyl (C=O) groups is 2. The van der Waals surface area contributed by atoms with Crippen molar-refractivity contribution in [3.63, 3.8) is 0 Å². The number of aliphatic hydroxyl groups excluding tert-OH is 1. The molecule has 276 valence electrons. The van der Waals surface area contributed by atoms with E-state index in [0.717, 1.165) is 4.68 Å². The number of amides is 1. The highest BCUT2D eigenvalue weighted by atomic mass is 19.1. The molecule has 17 heteroatoms. The highest BCUT2D eigenvalue weighted by molar-refractivity contribution is 6.04. The van der Waals surface area contributed by atoms with Crippen LogP contribution in [0.15, 0.2) is 67.0 Å². The molecule has 0 radical (unpaired) electrons. The molecule has 2 aromatic heterocycles. The number of nitrogens with one attached hydrogen (secondary N) is 2. The Labute approximate surface area is 298 Å². The maximum absolute atomic E-state index is 16.2. The number of nitrogens with zero attached hydrogens (tertiary/aromatic N) is 5. The van der Waals surface area contributed by atoms with E-state index in [1.165, 1.54) is 32.3 Å². The molecule has 0 fully saturated rings. The molecule has 15 nitrogen and oxygen atoms in total. The minimum absolute atomic E-state index is 0.00698. The molecule has 0 bridgehead atoms. The summed E-state index contributed by atoms with van der Waals surface area (Å²) in [5.74, 6) is -1.82. The Bertz CT molecular complexity index is 1870. The van der Waals surface area contributed by atoms with E-state index in [1.54, 1.807) is 50.2 Å². The normalized spacial score (nSPS) is 11.7. The van der Waals surface area contributed by atoms with E-state index >= 15 is 4.39 Å². The van der Waals surface area contributed by atoms with Crippen LogP contribution in [0.4, 0.5) is 18.4 Å². The molecule has 2 aromatic carbocycles. The number of halogens is 2. The molecule has 2 heterocycles. The van der Waals surface area contributed by atoms with Crippen molar-refractivity contribution in [2.75, 3.05) is 33.3 Å². The Balaban J connectivity index is 1.70. The Morgan fingerprint density at radius 3 is 2.48 bits per heavy atom. The van der Waals surface area contributed by atoms with Crippen molar-refractivity contribution in [2.24, 2.45) is 0 Å². The minimum atomic E-state index is -1.42. The number of carbonyl (C=O) groups excluding carboxylic acids is 2. The van der Waals surface area contributed by atoms with Gasteiger partial charge in [-0.25, -0.2) is 28.3 Å². The van der Waals surface area contributed by atoms with E-state index in [4.69, 9.17) is 29.1 Å². The van der Waals surface area contributed by atoms with Crippen molar-refractivity contribution >= 4 is 18.1 Å². The van der Waals surface area contributed by atoms with Gasteiger partial charge < -0.3 is 28.8 Å². The third-order valence-electron chi connectivity index (χ3n) is 6.99. The van der Waals surface area contributed by atoms with Crippen LogP contribution in [0.1, 0.15) is 54.8 Å². The number of aryl methyl sites for hydroxylation is 1. The van der Waals surface area contributed by atoms with E-state index in [1.807, 2.05) is 0 Å². The number of amidine groups is 1. The molecule has 0 aliphatic heterocycles. The lowest BCUT2D eigenvalue weighted by Gasteiger charge is -2.20. The van der Waals surface area contributed by atoms with Crippen molar-refractivity contribution in [1.82, 2.24) is 30.0 Å². The molecule has 3 N–H and O–H groups in total. The van der Waals surface area contributed by atoms with Gasteiger partial charge in [0.05, 0.1) is 12.5 Å². The summed E-state index contributed by atoms with van der Waals surface area (Å²) in [6.45, 7) is 7.73. The predicted octanol–water partition coefficient (Wildman–Crippen LogP) is 5.12. The maximum Gasteiger partial charge on any atom is 0.511 e. The highest BCUT2D eigenvalue weighted by Crippen LogP contribution is 2.35. The van der Waals surface area contributed by atoms with E-state index < -0.39 is 43.1 Å². The van der Waals surface area contributed by atoms with Gasteiger partial charge in [-0.05, 0) is 62.9 Å². The first-order valence-electron chi connectivity index (χ1n) is 15.9. The van der Waals surface area contributed by atoms with Crippen LogP contribution in [0, 0.1) is 18.2 Å². The summed E-state index contributed by atoms with van der Waals surface area (Å²) in [5.41, 5.74) is 1.06. The van der Waals surface area contributed by atoms with Crippen LogP contribution in [0.5, 0.6) is 11.8 Å². The average Bonchev–Trinajstić information content (AvgIpc) is 3.54. The number of hydrogen-bond acceptors (Lipinski definition) is 13. The first kappa shape index (κ1) is 38.8. The summed E-state index contributed by atoms with van der Waals surface area (Å²) in [4.78, 5) is 37.1. The minimum Gasteiger partial charge on any atom is -0.488 e. The fourth-order valence-corrected chi connectivity index (χ4v) is 4.56. The van der Waals surface area contributed by atoms with E-state index in [0.29, 0.717) is 22.3 Å². The zero-order chi connectivity index (χ0) is 37.8. The smallest absolute Gasteiger partial charge is 0.488 e. The maximum atomic E-state index is 16.2. The van der Waals surface area contributed by atoms with Gasteiger partial charge in [-0.15, -0.1) is 9.78 Å². The van der Waals surface area contributed by atoms with Crippen molar-refractivity contribution in [3.05, 3.63) is 101 Å². The topological polar surface area (TPSA) is 193 Å². The van der Waals surface area contributed by atoms with Gasteiger partial charge in [0.15, 0.2) is 17.4 Å². The third kappa shape index (κ3) is 10.8. The second-order valence-corrected chi connectivity index (χ2v) is 12.1. The van der Waals surface area contributed by atoms with Crippen LogP contribution in [0.3, 0.4) is 0 Å². The standard InChI is InChI=1S/C35H39F2N7O8/c1-21(2)18-49-33(46)41-29(38)24-9-7-23(8-10-24)17-26(25-15-22(3)16-27(28(25)37)48-14-13-45)30-42-32(44(43-30)31-39-11-6-12-40-31)50-20-51-34(47)52-35(4,5)19-36/h6-12,15-16,26,45H,1,13-14,17-20H2,2-5H3,(H2,38,41,46)/t26-/m1/s1. The average molecular weight is 724 g/mol. The van der Waals surface area contributed by atoms with Crippen LogP contribution >= 0.6 is 0 Å². The fraction of sp³-hybridized carbons (Fsp3) is 0.343. The lowest BCUT2D eigenvalue weighted by atomic mass is 9.89. The molecular formula is C35H39F2N7O8. The molecule has 4 aromatic rings. The molecule has 1 amide bonds. The molecule has 52 heavy (non-hydrogen) atoms. The van der Waals surface area contributed by atoms with Crippen LogP contribution in [-0.2, 0) is 20.6 Å². The molecule has 0 aliphatic carbocycles. The summed E-state index contributed by atoms with van der Waals surface area (Å²) >= 11 is 0. The van der Waals surface area contributed by atoms with E-state index in [9.17, 15) is 19.1 Å². The Hall–Kier alpha value is -5.97. The zero-order valence-electron chi connectivity index (χ0n) is 29.0. The first-order chi connectivity index (χ1) is 24.8. The lowest BCUT2D eigenvalue weighted by Crippen LogP contribution is -2.31. The lowest BCUT2D eigenvalue weighted by molar-refractivity contribution is -0.0520. The van der Waals surface area contributed by atoms with Crippen molar-refractivity contribution < 1.29 is 47.2 Å². The van der Waals surface area contributed by atoms with Crippen molar-refractivity contribution in [2.45, 2.75) is 45.6 Å². The monoisotopic (exact) mass is 723 g/mol. The van der Waals surface area contributed by atoms with E-state index in [2.05, 4.69) is 31.9 Å². The van der Waals surface area contributed by atoms with Crippen LogP contribution in [0.2, 0.25) is 0 Å². The van der Waals surface area contributed by atoms with Gasteiger partial charge in [-0.1, -0.05) is 36.9 Å². The molecular weight excluding hydrogens is 684 g/mol. The summed E-state index contributed by atoms with van der Waals surface area (Å²) < 4.78 is 56.5. The zero-order valence-corrected chi connectivity index (χ0v) is 29.0. The molecule has 0 saturated carbocycles. The number of rotatable bonds is 16. The Morgan fingerprint density at radius 2 is 1.83 bits per heavy atom. The fourth-order valence-electron chi connectivity index (χ4n) is 4.56. The second kappa shape index (κ2) is 17.8. The molecule has 0 aliphatic rings. The Kier molecular flexibility index (Phi) is 13.3. The van der Waals surface area contributed by atoms with Gasteiger partial charge in [0.1, 0.15) is 31.3 Å². The van der Waals surface area contributed by atoms with Crippen molar-refractivity contribution in [3.8, 4) is 17.7 Å². The number of aliphatic hydroxyl groups is 1. The molecule has 0 spiro atoms. The number of benzene rings is 2. The number of hydrogen-bond donors (Lipinski definition) is 3. The van der Waals surface area contributed by atoms with Gasteiger partial charge in [0.2, 0.25) is 6.79 Å².